The third-order valence-corrected chi connectivity index (χ3v) is 3.33. The number of rotatable bonds is 3. The van der Waals surface area contributed by atoms with Gasteiger partial charge in [-0.3, -0.25) is 4.98 Å². The summed E-state index contributed by atoms with van der Waals surface area (Å²) in [5.41, 5.74) is 10.5. The first-order chi connectivity index (χ1) is 7.31. The molecule has 1 unspecified atom stereocenters. The Bertz CT molecular complexity index is 423. The van der Waals surface area contributed by atoms with Crippen LogP contribution in [0.3, 0.4) is 0 Å². The highest BCUT2D eigenvalue weighted by Gasteiger charge is 2.10. The largest absolute Gasteiger partial charge is 0.320 e. The Hall–Kier alpha value is -1.19. The maximum atomic E-state index is 6.15. The molecule has 2 rings (SSSR count). The number of hydrogen-bond donors (Lipinski definition) is 1. The zero-order valence-corrected chi connectivity index (χ0v) is 9.50. The normalized spacial score (nSPS) is 12.7. The molecule has 0 bridgehead atoms. The lowest BCUT2D eigenvalue weighted by Crippen LogP contribution is -2.10. The van der Waals surface area contributed by atoms with Crippen LogP contribution in [0.4, 0.5) is 0 Å². The molecule has 0 saturated heterocycles. The van der Waals surface area contributed by atoms with Crippen LogP contribution in [0.25, 0.3) is 0 Å². The van der Waals surface area contributed by atoms with Gasteiger partial charge in [-0.25, -0.2) is 0 Å². The van der Waals surface area contributed by atoms with E-state index < -0.39 is 0 Å². The molecule has 0 spiro atoms. The zero-order valence-electron chi connectivity index (χ0n) is 8.68. The molecule has 3 heteroatoms. The van der Waals surface area contributed by atoms with E-state index >= 15 is 0 Å². The third-order valence-electron chi connectivity index (χ3n) is 2.48. The summed E-state index contributed by atoms with van der Waals surface area (Å²) in [5.74, 6) is 0. The van der Waals surface area contributed by atoms with Crippen molar-refractivity contribution >= 4 is 11.3 Å². The molecular weight excluding hydrogens is 204 g/mol. The molecule has 0 radical (unpaired) electrons. The fourth-order valence-corrected chi connectivity index (χ4v) is 2.20. The van der Waals surface area contributed by atoms with Crippen LogP contribution in [0.1, 0.15) is 29.0 Å². The second kappa shape index (κ2) is 4.55. The predicted octanol–water partition coefficient (Wildman–Crippen LogP) is 2.75. The number of nitrogens with zero attached hydrogens (tertiary/aromatic N) is 1. The van der Waals surface area contributed by atoms with Gasteiger partial charge < -0.3 is 5.73 Å². The van der Waals surface area contributed by atoms with Gasteiger partial charge in [-0.1, -0.05) is 31.2 Å². The molecule has 78 valence electrons. The van der Waals surface area contributed by atoms with Crippen molar-refractivity contribution in [1.29, 1.82) is 0 Å². The van der Waals surface area contributed by atoms with E-state index in [-0.39, 0.29) is 6.04 Å². The van der Waals surface area contributed by atoms with E-state index in [2.05, 4.69) is 36.2 Å². The standard InChI is InChI=1S/C12H14N2S/c1-2-9-4-3-5-10(6-9)12(13)11-7-14-8-15-11/h3-8,12H,2,13H2,1H3. The molecule has 0 fully saturated rings. The van der Waals surface area contributed by atoms with Gasteiger partial charge in [0.2, 0.25) is 0 Å². The summed E-state index contributed by atoms with van der Waals surface area (Å²) in [6, 6.07) is 8.40. The summed E-state index contributed by atoms with van der Waals surface area (Å²) in [4.78, 5) is 5.16. The second-order valence-electron chi connectivity index (χ2n) is 3.48. The smallest absolute Gasteiger partial charge is 0.0794 e. The molecule has 0 aliphatic heterocycles. The lowest BCUT2D eigenvalue weighted by Gasteiger charge is -2.10. The van der Waals surface area contributed by atoms with E-state index in [4.69, 9.17) is 5.73 Å². The maximum absolute atomic E-state index is 6.15. The van der Waals surface area contributed by atoms with Gasteiger partial charge in [0.15, 0.2) is 0 Å². The number of thiazole rings is 1. The van der Waals surface area contributed by atoms with Crippen LogP contribution in [-0.2, 0) is 6.42 Å². The van der Waals surface area contributed by atoms with Gasteiger partial charge in [-0.05, 0) is 17.5 Å². The van der Waals surface area contributed by atoms with Crippen molar-refractivity contribution in [2.24, 2.45) is 5.73 Å². The van der Waals surface area contributed by atoms with Crippen molar-refractivity contribution in [2.45, 2.75) is 19.4 Å². The highest BCUT2D eigenvalue weighted by Crippen LogP contribution is 2.23. The summed E-state index contributed by atoms with van der Waals surface area (Å²) >= 11 is 1.60. The van der Waals surface area contributed by atoms with Crippen molar-refractivity contribution in [1.82, 2.24) is 4.98 Å². The highest BCUT2D eigenvalue weighted by atomic mass is 32.1. The minimum Gasteiger partial charge on any atom is -0.320 e. The average Bonchev–Trinajstić information content (AvgIpc) is 2.81. The zero-order chi connectivity index (χ0) is 10.7. The molecule has 0 aliphatic rings. The fourth-order valence-electron chi connectivity index (χ4n) is 1.55. The summed E-state index contributed by atoms with van der Waals surface area (Å²) < 4.78 is 0. The minimum absolute atomic E-state index is 0.0380. The molecular formula is C12H14N2S. The van der Waals surface area contributed by atoms with Gasteiger partial charge in [-0.2, -0.15) is 0 Å². The Balaban J connectivity index is 2.29. The first kappa shape index (κ1) is 10.3. The van der Waals surface area contributed by atoms with E-state index in [9.17, 15) is 0 Å². The summed E-state index contributed by atoms with van der Waals surface area (Å²) in [6.45, 7) is 2.15. The fraction of sp³-hybridized carbons (Fsp3) is 0.250. The number of aryl methyl sites for hydroxylation is 1. The predicted molar refractivity (Wildman–Crippen MR) is 64.0 cm³/mol. The van der Waals surface area contributed by atoms with E-state index in [0.29, 0.717) is 0 Å². The highest BCUT2D eigenvalue weighted by molar-refractivity contribution is 7.09. The van der Waals surface area contributed by atoms with E-state index in [1.807, 2.05) is 11.7 Å². The van der Waals surface area contributed by atoms with Crippen molar-refractivity contribution < 1.29 is 0 Å². The summed E-state index contributed by atoms with van der Waals surface area (Å²) in [5, 5.41) is 0. The molecule has 2 aromatic rings. The quantitative estimate of drug-likeness (QED) is 0.860. The van der Waals surface area contributed by atoms with Crippen LogP contribution in [0.5, 0.6) is 0 Å². The Morgan fingerprint density at radius 3 is 3.00 bits per heavy atom. The molecule has 1 heterocycles. The Morgan fingerprint density at radius 2 is 2.33 bits per heavy atom. The summed E-state index contributed by atoms with van der Waals surface area (Å²) in [6.07, 6.45) is 2.89. The molecule has 2 nitrogen and oxygen atoms in total. The minimum atomic E-state index is -0.0380. The van der Waals surface area contributed by atoms with E-state index in [0.717, 1.165) is 11.3 Å². The first-order valence-electron chi connectivity index (χ1n) is 5.04. The van der Waals surface area contributed by atoms with Crippen LogP contribution in [0.15, 0.2) is 36.0 Å². The van der Waals surface area contributed by atoms with Crippen molar-refractivity contribution in [3.05, 3.63) is 52.0 Å². The van der Waals surface area contributed by atoms with Crippen LogP contribution < -0.4 is 5.73 Å². The van der Waals surface area contributed by atoms with Gasteiger partial charge >= 0.3 is 0 Å². The van der Waals surface area contributed by atoms with Gasteiger partial charge in [-0.15, -0.1) is 11.3 Å². The topological polar surface area (TPSA) is 38.9 Å². The van der Waals surface area contributed by atoms with Crippen molar-refractivity contribution in [3.8, 4) is 0 Å². The second-order valence-corrected chi connectivity index (χ2v) is 4.40. The number of hydrogen-bond acceptors (Lipinski definition) is 3. The Morgan fingerprint density at radius 1 is 1.47 bits per heavy atom. The monoisotopic (exact) mass is 218 g/mol. The van der Waals surface area contributed by atoms with E-state index in [1.54, 1.807) is 11.3 Å². The number of nitrogens with two attached hydrogens (primary N) is 1. The lowest BCUT2D eigenvalue weighted by molar-refractivity contribution is 0.884. The molecule has 0 saturated carbocycles. The molecule has 0 aliphatic carbocycles. The Kier molecular flexibility index (Phi) is 3.14. The van der Waals surface area contributed by atoms with Gasteiger partial charge in [0, 0.05) is 11.1 Å². The van der Waals surface area contributed by atoms with Crippen LogP contribution in [0.2, 0.25) is 0 Å². The summed E-state index contributed by atoms with van der Waals surface area (Å²) in [7, 11) is 0. The van der Waals surface area contributed by atoms with Crippen molar-refractivity contribution in [2.75, 3.05) is 0 Å². The SMILES string of the molecule is CCc1cccc(C(N)c2cncs2)c1. The third kappa shape index (κ3) is 2.25. The number of aromatic nitrogens is 1. The van der Waals surface area contributed by atoms with Gasteiger partial charge in [0.1, 0.15) is 0 Å². The van der Waals surface area contributed by atoms with Gasteiger partial charge in [0.05, 0.1) is 11.6 Å². The average molecular weight is 218 g/mol. The number of benzene rings is 1. The van der Waals surface area contributed by atoms with Gasteiger partial charge in [0.25, 0.3) is 0 Å². The Labute approximate surface area is 93.8 Å². The molecule has 15 heavy (non-hydrogen) atoms. The van der Waals surface area contributed by atoms with E-state index in [1.165, 1.54) is 11.1 Å². The molecule has 0 amide bonds. The molecule has 1 atom stereocenters. The molecule has 1 aromatic carbocycles. The van der Waals surface area contributed by atoms with Crippen LogP contribution in [0, 0.1) is 0 Å². The first-order valence-corrected chi connectivity index (χ1v) is 5.92. The molecule has 2 N–H and O–H groups in total. The molecule has 1 aromatic heterocycles. The maximum Gasteiger partial charge on any atom is 0.0794 e. The van der Waals surface area contributed by atoms with Crippen LogP contribution in [-0.4, -0.2) is 4.98 Å². The van der Waals surface area contributed by atoms with Crippen molar-refractivity contribution in [3.63, 3.8) is 0 Å². The van der Waals surface area contributed by atoms with Crippen LogP contribution >= 0.6 is 11.3 Å². The lowest BCUT2D eigenvalue weighted by atomic mass is 10.0.